The van der Waals surface area contributed by atoms with Gasteiger partial charge >= 0.3 is 5.97 Å². The lowest BCUT2D eigenvalue weighted by Gasteiger charge is -2.18. The molecule has 8 heteroatoms. The van der Waals surface area contributed by atoms with E-state index in [0.717, 1.165) is 10.5 Å². The van der Waals surface area contributed by atoms with E-state index in [4.69, 9.17) is 9.47 Å². The largest absolute Gasteiger partial charge is 0.497 e. The third-order valence-corrected chi connectivity index (χ3v) is 6.86. The van der Waals surface area contributed by atoms with Crippen LogP contribution in [0.15, 0.2) is 108 Å². The molecule has 0 saturated heterocycles. The normalized spacial score (nSPS) is 11.2. The first-order valence-corrected chi connectivity index (χ1v) is 12.6. The van der Waals surface area contributed by atoms with E-state index in [2.05, 4.69) is 10.6 Å². The van der Waals surface area contributed by atoms with Crippen molar-refractivity contribution in [3.8, 4) is 5.75 Å². The van der Waals surface area contributed by atoms with Gasteiger partial charge in [0.25, 0.3) is 5.91 Å². The van der Waals surface area contributed by atoms with E-state index in [-0.39, 0.29) is 17.4 Å². The molecule has 0 spiro atoms. The Kier molecular flexibility index (Phi) is 8.79. The van der Waals surface area contributed by atoms with Crippen LogP contribution in [0.4, 0.5) is 11.4 Å². The first-order chi connectivity index (χ1) is 18.5. The van der Waals surface area contributed by atoms with E-state index in [1.54, 1.807) is 61.7 Å². The number of thioether (sulfide) groups is 1. The summed E-state index contributed by atoms with van der Waals surface area (Å²) in [6.07, 6.45) is 0. The lowest BCUT2D eigenvalue weighted by atomic mass is 10.1. The highest BCUT2D eigenvalue weighted by molar-refractivity contribution is 8.00. The Morgan fingerprint density at radius 1 is 0.763 bits per heavy atom. The maximum Gasteiger partial charge on any atom is 0.339 e. The summed E-state index contributed by atoms with van der Waals surface area (Å²) >= 11 is 1.33. The molecule has 0 bridgehead atoms. The molecule has 1 unspecified atom stereocenters. The zero-order chi connectivity index (χ0) is 26.9. The molecule has 0 fully saturated rings. The van der Waals surface area contributed by atoms with Crippen LogP contribution in [0, 0.1) is 0 Å². The molecule has 0 aromatic heterocycles. The summed E-state index contributed by atoms with van der Waals surface area (Å²) in [4.78, 5) is 39.3. The molecule has 7 nitrogen and oxygen atoms in total. The SMILES string of the molecule is COC(=O)c1ccccc1NC(=O)C(Sc1cccc(NC(=O)c2cccc(OC)c2)c1)c1ccccc1. The van der Waals surface area contributed by atoms with Crippen molar-refractivity contribution in [3.63, 3.8) is 0 Å². The molecule has 192 valence electrons. The Labute approximate surface area is 225 Å². The summed E-state index contributed by atoms with van der Waals surface area (Å²) < 4.78 is 10.1. The average Bonchev–Trinajstić information content (AvgIpc) is 2.96. The van der Waals surface area contributed by atoms with Crippen LogP contribution < -0.4 is 15.4 Å². The summed E-state index contributed by atoms with van der Waals surface area (Å²) in [5, 5.41) is 5.15. The number of hydrogen-bond acceptors (Lipinski definition) is 6. The predicted molar refractivity (Wildman–Crippen MR) is 149 cm³/mol. The first-order valence-electron chi connectivity index (χ1n) is 11.7. The number of anilines is 2. The topological polar surface area (TPSA) is 93.7 Å². The van der Waals surface area contributed by atoms with Crippen LogP contribution >= 0.6 is 11.8 Å². The second kappa shape index (κ2) is 12.6. The van der Waals surface area contributed by atoms with Crippen molar-refractivity contribution in [2.24, 2.45) is 0 Å². The van der Waals surface area contributed by atoms with Crippen molar-refractivity contribution in [1.82, 2.24) is 0 Å². The lowest BCUT2D eigenvalue weighted by molar-refractivity contribution is -0.115. The minimum Gasteiger partial charge on any atom is -0.497 e. The maximum absolute atomic E-state index is 13.5. The third kappa shape index (κ3) is 6.60. The highest BCUT2D eigenvalue weighted by Gasteiger charge is 2.24. The number of para-hydroxylation sites is 1. The fraction of sp³-hybridized carbons (Fsp3) is 0.100. The molecule has 38 heavy (non-hydrogen) atoms. The summed E-state index contributed by atoms with van der Waals surface area (Å²) in [6, 6.07) is 30.2. The Morgan fingerprint density at radius 2 is 1.50 bits per heavy atom. The molecule has 0 aliphatic carbocycles. The van der Waals surface area contributed by atoms with Crippen LogP contribution in [0.5, 0.6) is 5.75 Å². The third-order valence-electron chi connectivity index (χ3n) is 5.61. The van der Waals surface area contributed by atoms with E-state index in [0.29, 0.717) is 22.7 Å². The Hall–Kier alpha value is -4.56. The number of nitrogens with one attached hydrogen (secondary N) is 2. The minimum absolute atomic E-state index is 0.266. The highest BCUT2D eigenvalue weighted by atomic mass is 32.2. The molecular weight excluding hydrogens is 500 g/mol. The molecule has 0 aliphatic rings. The molecule has 0 aliphatic heterocycles. The van der Waals surface area contributed by atoms with Crippen LogP contribution in [0.1, 0.15) is 31.5 Å². The van der Waals surface area contributed by atoms with Gasteiger partial charge in [-0.25, -0.2) is 4.79 Å². The molecule has 1 atom stereocenters. The van der Waals surface area contributed by atoms with Gasteiger partial charge in [-0.05, 0) is 54.1 Å². The average molecular weight is 527 g/mol. The quantitative estimate of drug-likeness (QED) is 0.199. The number of rotatable bonds is 9. The minimum atomic E-state index is -0.633. The second-order valence-electron chi connectivity index (χ2n) is 8.15. The van der Waals surface area contributed by atoms with E-state index < -0.39 is 11.2 Å². The fourth-order valence-electron chi connectivity index (χ4n) is 3.73. The molecule has 0 saturated carbocycles. The molecule has 0 radical (unpaired) electrons. The van der Waals surface area contributed by atoms with Crippen molar-refractivity contribution in [1.29, 1.82) is 0 Å². The van der Waals surface area contributed by atoms with Crippen molar-refractivity contribution in [3.05, 3.63) is 120 Å². The van der Waals surface area contributed by atoms with Crippen molar-refractivity contribution in [2.75, 3.05) is 24.9 Å². The number of amides is 2. The monoisotopic (exact) mass is 526 g/mol. The number of esters is 1. The van der Waals surface area contributed by atoms with Gasteiger partial charge < -0.3 is 20.1 Å². The van der Waals surface area contributed by atoms with Gasteiger partial charge in [0.05, 0.1) is 25.5 Å². The maximum atomic E-state index is 13.5. The van der Waals surface area contributed by atoms with E-state index in [1.165, 1.54) is 18.9 Å². The van der Waals surface area contributed by atoms with Gasteiger partial charge in [0.1, 0.15) is 11.0 Å². The molecule has 4 aromatic carbocycles. The van der Waals surface area contributed by atoms with Crippen LogP contribution in [-0.4, -0.2) is 32.0 Å². The molecule has 4 rings (SSSR count). The van der Waals surface area contributed by atoms with Gasteiger partial charge in [0.2, 0.25) is 5.91 Å². The van der Waals surface area contributed by atoms with Crippen LogP contribution in [0.2, 0.25) is 0 Å². The van der Waals surface area contributed by atoms with Gasteiger partial charge in [0, 0.05) is 16.1 Å². The van der Waals surface area contributed by atoms with Gasteiger partial charge in [-0.2, -0.15) is 0 Å². The van der Waals surface area contributed by atoms with Crippen molar-refractivity contribution in [2.45, 2.75) is 10.1 Å². The van der Waals surface area contributed by atoms with E-state index >= 15 is 0 Å². The lowest BCUT2D eigenvalue weighted by Crippen LogP contribution is -2.21. The highest BCUT2D eigenvalue weighted by Crippen LogP contribution is 2.37. The number of benzene rings is 4. The Morgan fingerprint density at radius 3 is 2.26 bits per heavy atom. The van der Waals surface area contributed by atoms with E-state index in [9.17, 15) is 14.4 Å². The first kappa shape index (κ1) is 26.5. The molecule has 2 N–H and O–H groups in total. The number of carbonyl (C=O) groups is 3. The van der Waals surface area contributed by atoms with Crippen LogP contribution in [0.25, 0.3) is 0 Å². The van der Waals surface area contributed by atoms with Gasteiger partial charge in [-0.1, -0.05) is 54.6 Å². The summed E-state index contributed by atoms with van der Waals surface area (Å²) in [5.41, 5.74) is 2.48. The molecule has 0 heterocycles. The van der Waals surface area contributed by atoms with Crippen LogP contribution in [0.3, 0.4) is 0 Å². The predicted octanol–water partition coefficient (Wildman–Crippen LogP) is 6.21. The van der Waals surface area contributed by atoms with Crippen LogP contribution in [-0.2, 0) is 9.53 Å². The number of methoxy groups -OCH3 is 2. The summed E-state index contributed by atoms with van der Waals surface area (Å²) in [6.45, 7) is 0. The number of ether oxygens (including phenoxy) is 2. The van der Waals surface area contributed by atoms with Gasteiger partial charge in [-0.3, -0.25) is 9.59 Å². The van der Waals surface area contributed by atoms with Gasteiger partial charge in [0.15, 0.2) is 0 Å². The molecular formula is C30H26N2O5S. The van der Waals surface area contributed by atoms with Gasteiger partial charge in [-0.15, -0.1) is 11.8 Å². The summed E-state index contributed by atoms with van der Waals surface area (Å²) in [7, 11) is 2.84. The van der Waals surface area contributed by atoms with E-state index in [1.807, 2.05) is 48.5 Å². The smallest absolute Gasteiger partial charge is 0.339 e. The Balaban J connectivity index is 1.56. The molecule has 4 aromatic rings. The zero-order valence-electron chi connectivity index (χ0n) is 20.8. The standard InChI is InChI=1S/C30H26N2O5S/c1-36-23-14-8-12-21(18-23)28(33)31-22-13-9-15-24(19-22)38-27(20-10-4-3-5-11-20)29(34)32-26-17-7-6-16-25(26)30(35)37-2/h3-19,27H,1-2H3,(H,31,33)(H,32,34). The molecule has 2 amide bonds. The number of hydrogen-bond donors (Lipinski definition) is 2. The fourth-order valence-corrected chi connectivity index (χ4v) is 4.81. The second-order valence-corrected chi connectivity index (χ2v) is 9.33. The van der Waals surface area contributed by atoms with Crippen molar-refractivity contribution >= 4 is 40.9 Å². The van der Waals surface area contributed by atoms with Crippen molar-refractivity contribution < 1.29 is 23.9 Å². The summed E-state index contributed by atoms with van der Waals surface area (Å²) in [5.74, 6) is -0.525. The Bertz CT molecular complexity index is 1440. The number of carbonyl (C=O) groups excluding carboxylic acids is 3. The zero-order valence-corrected chi connectivity index (χ0v) is 21.7.